The maximum absolute atomic E-state index is 12.6. The lowest BCUT2D eigenvalue weighted by atomic mass is 10.0. The summed E-state index contributed by atoms with van der Waals surface area (Å²) in [6.07, 6.45) is 1.39. The number of hydrogen-bond donors (Lipinski definition) is 2. The Morgan fingerprint density at radius 1 is 1.38 bits per heavy atom. The van der Waals surface area contributed by atoms with Gasteiger partial charge in [-0.15, -0.1) is 11.3 Å². The summed E-state index contributed by atoms with van der Waals surface area (Å²) in [4.78, 5) is 15.6. The Morgan fingerprint density at radius 3 is 2.71 bits per heavy atom. The number of hydrogen-bond acceptors (Lipinski definition) is 3. The van der Waals surface area contributed by atoms with Gasteiger partial charge in [0.1, 0.15) is 0 Å². The number of likely N-dealkylation sites (tertiary alicyclic amines) is 1. The zero-order valence-corrected chi connectivity index (χ0v) is 15.0. The summed E-state index contributed by atoms with van der Waals surface area (Å²) >= 11 is 1.68. The monoisotopic (exact) mass is 344 g/mol. The lowest BCUT2D eigenvalue weighted by Crippen LogP contribution is -2.42. The molecule has 1 saturated heterocycles. The largest absolute Gasteiger partial charge is 0.388 e. The molecule has 1 aliphatic heterocycles. The highest BCUT2D eigenvalue weighted by Gasteiger charge is 2.34. The first-order valence-electron chi connectivity index (χ1n) is 8.30. The van der Waals surface area contributed by atoms with Crippen LogP contribution in [0.1, 0.15) is 35.4 Å². The number of urea groups is 1. The van der Waals surface area contributed by atoms with Crippen molar-refractivity contribution in [3.8, 4) is 0 Å². The van der Waals surface area contributed by atoms with Crippen molar-refractivity contribution in [3.63, 3.8) is 0 Å². The molecule has 1 aliphatic rings. The second-order valence-electron chi connectivity index (χ2n) is 6.83. The first kappa shape index (κ1) is 17.0. The predicted octanol–water partition coefficient (Wildman–Crippen LogP) is 3.51. The van der Waals surface area contributed by atoms with Crippen molar-refractivity contribution >= 4 is 17.4 Å². The number of nitrogens with one attached hydrogen (secondary N) is 1. The van der Waals surface area contributed by atoms with Gasteiger partial charge in [-0.2, -0.15) is 0 Å². The van der Waals surface area contributed by atoms with Crippen molar-refractivity contribution in [3.05, 3.63) is 57.8 Å². The van der Waals surface area contributed by atoms with Crippen molar-refractivity contribution in [2.45, 2.75) is 38.3 Å². The van der Waals surface area contributed by atoms with Crippen LogP contribution in [0.4, 0.5) is 4.79 Å². The summed E-state index contributed by atoms with van der Waals surface area (Å²) in [6, 6.07) is 12.2. The maximum atomic E-state index is 12.6. The van der Waals surface area contributed by atoms with E-state index in [0.29, 0.717) is 19.5 Å². The smallest absolute Gasteiger partial charge is 0.318 e. The Morgan fingerprint density at radius 2 is 2.12 bits per heavy atom. The van der Waals surface area contributed by atoms with Gasteiger partial charge in [0, 0.05) is 11.4 Å². The molecule has 1 aromatic heterocycles. The molecular weight excluding hydrogens is 320 g/mol. The van der Waals surface area contributed by atoms with Gasteiger partial charge in [-0.25, -0.2) is 4.79 Å². The molecule has 2 heterocycles. The lowest BCUT2D eigenvalue weighted by Gasteiger charge is -2.24. The maximum Gasteiger partial charge on any atom is 0.318 e. The molecule has 1 fully saturated rings. The van der Waals surface area contributed by atoms with Gasteiger partial charge in [-0.3, -0.25) is 0 Å². The number of carbonyl (C=O) groups is 1. The molecule has 0 spiro atoms. The van der Waals surface area contributed by atoms with E-state index >= 15 is 0 Å². The highest BCUT2D eigenvalue weighted by molar-refractivity contribution is 7.10. The van der Waals surface area contributed by atoms with E-state index in [4.69, 9.17) is 0 Å². The fourth-order valence-electron chi connectivity index (χ4n) is 3.16. The minimum absolute atomic E-state index is 0.0505. The summed E-state index contributed by atoms with van der Waals surface area (Å²) in [7, 11) is 0. The van der Waals surface area contributed by atoms with E-state index in [1.807, 2.05) is 18.2 Å². The number of β-amino-alcohol motifs (C(OH)–C–C–N with tert-alkyl or cyclic N) is 1. The van der Waals surface area contributed by atoms with Gasteiger partial charge in [0.05, 0.1) is 18.2 Å². The molecule has 0 aliphatic carbocycles. The Hall–Kier alpha value is -1.85. The van der Waals surface area contributed by atoms with Crippen LogP contribution in [0.15, 0.2) is 41.8 Å². The van der Waals surface area contributed by atoms with Crippen LogP contribution >= 0.6 is 11.3 Å². The molecule has 2 atom stereocenters. The fraction of sp³-hybridized carbons (Fsp3) is 0.421. The van der Waals surface area contributed by atoms with Crippen LogP contribution in [0.25, 0.3) is 0 Å². The van der Waals surface area contributed by atoms with Crippen LogP contribution in [0, 0.1) is 6.92 Å². The topological polar surface area (TPSA) is 52.6 Å². The first-order valence-corrected chi connectivity index (χ1v) is 9.18. The number of amides is 2. The number of carbonyl (C=O) groups excluding carboxylic acids is 1. The molecular formula is C19H24N2O2S. The number of thiophene rings is 1. The van der Waals surface area contributed by atoms with E-state index in [9.17, 15) is 9.90 Å². The third-order valence-corrected chi connectivity index (χ3v) is 5.67. The van der Waals surface area contributed by atoms with E-state index in [1.54, 1.807) is 23.2 Å². The van der Waals surface area contributed by atoms with E-state index in [0.717, 1.165) is 6.42 Å². The standard InChI is InChI=1S/C19H24N2O2S/c1-14-8-11-24-17(14)16(12-15-6-4-3-5-7-15)20-18(22)21-10-9-19(2,23)13-21/h3-8,11,16,23H,9-10,12-13H2,1-2H3,(H,20,22). The zero-order valence-electron chi connectivity index (χ0n) is 14.2. The van der Waals surface area contributed by atoms with Crippen LogP contribution in [-0.2, 0) is 6.42 Å². The SMILES string of the molecule is Cc1ccsc1C(Cc1ccccc1)NC(=O)N1CCC(C)(O)C1. The number of rotatable bonds is 4. The minimum atomic E-state index is -0.773. The Bertz CT molecular complexity index is 696. The lowest BCUT2D eigenvalue weighted by molar-refractivity contribution is 0.0717. The van der Waals surface area contributed by atoms with Crippen LogP contribution in [0.3, 0.4) is 0 Å². The van der Waals surface area contributed by atoms with Gasteiger partial charge in [-0.05, 0) is 49.3 Å². The van der Waals surface area contributed by atoms with Gasteiger partial charge in [0.15, 0.2) is 0 Å². The average molecular weight is 344 g/mol. The molecule has 4 nitrogen and oxygen atoms in total. The minimum Gasteiger partial charge on any atom is -0.388 e. The zero-order chi connectivity index (χ0) is 17.2. The first-order chi connectivity index (χ1) is 11.4. The molecule has 0 radical (unpaired) electrons. The summed E-state index contributed by atoms with van der Waals surface area (Å²) in [5.41, 5.74) is 1.63. The average Bonchev–Trinajstić information content (AvgIpc) is 3.13. The number of aliphatic hydroxyl groups is 1. The fourth-order valence-corrected chi connectivity index (χ4v) is 4.14. The van der Waals surface area contributed by atoms with Crippen molar-refractivity contribution < 1.29 is 9.90 Å². The van der Waals surface area contributed by atoms with Gasteiger partial charge in [0.2, 0.25) is 0 Å². The second-order valence-corrected chi connectivity index (χ2v) is 7.78. The van der Waals surface area contributed by atoms with E-state index in [1.165, 1.54) is 16.0 Å². The van der Waals surface area contributed by atoms with Crippen LogP contribution in [0.2, 0.25) is 0 Å². The third-order valence-electron chi connectivity index (χ3n) is 4.54. The quantitative estimate of drug-likeness (QED) is 0.892. The Labute approximate surface area is 147 Å². The van der Waals surface area contributed by atoms with Crippen LogP contribution < -0.4 is 5.32 Å². The van der Waals surface area contributed by atoms with Crippen LogP contribution in [0.5, 0.6) is 0 Å². The van der Waals surface area contributed by atoms with E-state index < -0.39 is 5.60 Å². The normalized spacial score (nSPS) is 21.7. The molecule has 24 heavy (non-hydrogen) atoms. The van der Waals surface area contributed by atoms with Crippen molar-refractivity contribution in [2.75, 3.05) is 13.1 Å². The summed E-state index contributed by atoms with van der Waals surface area (Å²) < 4.78 is 0. The Kier molecular flexibility index (Phi) is 4.92. The van der Waals surface area contributed by atoms with Gasteiger partial charge >= 0.3 is 6.03 Å². The molecule has 128 valence electrons. The van der Waals surface area contributed by atoms with Gasteiger partial charge in [-0.1, -0.05) is 30.3 Å². The summed E-state index contributed by atoms with van der Waals surface area (Å²) in [5.74, 6) is 0. The summed E-state index contributed by atoms with van der Waals surface area (Å²) in [5, 5.41) is 15.3. The molecule has 0 bridgehead atoms. The molecule has 1 aromatic carbocycles. The van der Waals surface area contributed by atoms with Gasteiger partial charge < -0.3 is 15.3 Å². The second kappa shape index (κ2) is 6.95. The van der Waals surface area contributed by atoms with Gasteiger partial charge in [0.25, 0.3) is 0 Å². The molecule has 2 unspecified atom stereocenters. The molecule has 2 N–H and O–H groups in total. The number of aryl methyl sites for hydroxylation is 1. The van der Waals surface area contributed by atoms with Crippen molar-refractivity contribution in [1.29, 1.82) is 0 Å². The third kappa shape index (κ3) is 3.97. The van der Waals surface area contributed by atoms with Crippen molar-refractivity contribution in [2.24, 2.45) is 0 Å². The highest BCUT2D eigenvalue weighted by atomic mass is 32.1. The Balaban J connectivity index is 1.75. The van der Waals surface area contributed by atoms with Crippen molar-refractivity contribution in [1.82, 2.24) is 10.2 Å². The predicted molar refractivity (Wildman–Crippen MR) is 97.3 cm³/mol. The number of benzene rings is 1. The van der Waals surface area contributed by atoms with E-state index in [2.05, 4.69) is 35.8 Å². The molecule has 0 saturated carbocycles. The highest BCUT2D eigenvalue weighted by Crippen LogP contribution is 2.28. The molecule has 2 amide bonds. The molecule has 5 heteroatoms. The van der Waals surface area contributed by atoms with Crippen LogP contribution in [-0.4, -0.2) is 34.7 Å². The number of nitrogens with zero attached hydrogens (tertiary/aromatic N) is 1. The van der Waals surface area contributed by atoms with E-state index in [-0.39, 0.29) is 12.1 Å². The summed E-state index contributed by atoms with van der Waals surface area (Å²) in [6.45, 7) is 4.85. The molecule has 2 aromatic rings. The molecule has 3 rings (SSSR count).